The van der Waals surface area contributed by atoms with Gasteiger partial charge in [-0.05, 0) is 36.2 Å². The van der Waals surface area contributed by atoms with Crippen LogP contribution in [0.5, 0.6) is 0 Å². The van der Waals surface area contributed by atoms with Crippen LogP contribution < -0.4 is 0 Å². The molecule has 0 amide bonds. The van der Waals surface area contributed by atoms with E-state index in [1.807, 2.05) is 29.7 Å². The van der Waals surface area contributed by atoms with E-state index in [1.165, 1.54) is 62.7 Å². The second kappa shape index (κ2) is 14.0. The van der Waals surface area contributed by atoms with Gasteiger partial charge in [-0.2, -0.15) is 0 Å². The first kappa shape index (κ1) is 29.8. The number of nitrogens with zero attached hydrogens (tertiary/aromatic N) is 1. The van der Waals surface area contributed by atoms with Crippen LogP contribution in [0.25, 0.3) is 54.0 Å². The molecule has 0 spiro atoms. The molecule has 0 unspecified atom stereocenters. The summed E-state index contributed by atoms with van der Waals surface area (Å²) in [5.74, 6) is -0.0625. The minimum Gasteiger partial charge on any atom is -0.512 e. The Bertz CT molecular complexity index is 1780. The summed E-state index contributed by atoms with van der Waals surface area (Å²) in [5, 5.41) is 9.55. The van der Waals surface area contributed by atoms with Crippen molar-refractivity contribution in [1.82, 2.24) is 4.98 Å². The average molecular weight is 731 g/mol. The first-order chi connectivity index (χ1) is 19.5. The molecule has 0 atom stereocenters. The summed E-state index contributed by atoms with van der Waals surface area (Å²) >= 11 is 1.83. The quantitative estimate of drug-likeness (QED) is 0.109. The predicted molar refractivity (Wildman–Crippen MR) is 167 cm³/mol. The van der Waals surface area contributed by atoms with E-state index in [4.69, 9.17) is 10.1 Å². The molecule has 1 N–H and O–H groups in total. The third kappa shape index (κ3) is 7.33. The standard InChI is InChI=1S/C31H20NS.C5H8O2.Ir/c1-4-11-22(12-5-1)25-17-10-18-26(19-25)28-20-29-27(21-32-28)30(23-13-6-2-7-14-23)31(33-29)24-15-8-3-9-16-24;1-4(6)3-5(2)7;/h1-17,19-21H;3,6H,1-2H3;/q-1;;/b;4-3-;. The Kier molecular flexibility index (Phi) is 10.2. The molecular formula is C36H28IrNO2S-. The van der Waals surface area contributed by atoms with E-state index in [2.05, 4.69) is 109 Å². The van der Waals surface area contributed by atoms with E-state index in [0.29, 0.717) is 0 Å². The number of rotatable bonds is 5. The zero-order valence-electron chi connectivity index (χ0n) is 22.7. The smallest absolute Gasteiger partial charge is 0.155 e. The van der Waals surface area contributed by atoms with Gasteiger partial charge in [-0.3, -0.25) is 4.79 Å². The van der Waals surface area contributed by atoms with Gasteiger partial charge in [-0.25, -0.2) is 0 Å². The van der Waals surface area contributed by atoms with Crippen molar-refractivity contribution in [3.63, 3.8) is 0 Å². The van der Waals surface area contributed by atoms with Gasteiger partial charge in [0, 0.05) is 52.9 Å². The Labute approximate surface area is 258 Å². The number of benzene rings is 4. The summed E-state index contributed by atoms with van der Waals surface area (Å²) in [4.78, 5) is 16.2. The maximum atomic E-state index is 10.0. The zero-order valence-corrected chi connectivity index (χ0v) is 25.9. The number of pyridine rings is 1. The summed E-state index contributed by atoms with van der Waals surface area (Å²) in [7, 11) is 0. The van der Waals surface area contributed by atoms with Gasteiger partial charge in [0.15, 0.2) is 5.78 Å². The van der Waals surface area contributed by atoms with Crippen LogP contribution in [0.15, 0.2) is 133 Å². The molecule has 41 heavy (non-hydrogen) atoms. The van der Waals surface area contributed by atoms with E-state index in [9.17, 15) is 4.79 Å². The fourth-order valence-corrected chi connectivity index (χ4v) is 5.78. The Balaban J connectivity index is 0.000000434. The van der Waals surface area contributed by atoms with Crippen molar-refractivity contribution < 1.29 is 30.0 Å². The van der Waals surface area contributed by atoms with Crippen LogP contribution in [-0.2, 0) is 24.9 Å². The fraction of sp³-hybridized carbons (Fsp3) is 0.0556. The van der Waals surface area contributed by atoms with Gasteiger partial charge in [-0.15, -0.1) is 46.7 Å². The molecule has 0 fully saturated rings. The number of aliphatic hydroxyl groups is 1. The molecule has 0 aliphatic carbocycles. The molecule has 0 bridgehead atoms. The van der Waals surface area contributed by atoms with Gasteiger partial charge in [0.1, 0.15) is 0 Å². The topological polar surface area (TPSA) is 50.2 Å². The van der Waals surface area contributed by atoms with Gasteiger partial charge >= 0.3 is 0 Å². The molecule has 0 aliphatic rings. The number of ketones is 1. The second-order valence-corrected chi connectivity index (χ2v) is 10.4. The molecule has 0 saturated carbocycles. The Morgan fingerprint density at radius 3 is 1.93 bits per heavy atom. The molecule has 4 aromatic carbocycles. The molecule has 6 rings (SSSR count). The van der Waals surface area contributed by atoms with E-state index >= 15 is 0 Å². The molecule has 0 aliphatic heterocycles. The van der Waals surface area contributed by atoms with Crippen molar-refractivity contribution in [2.24, 2.45) is 0 Å². The predicted octanol–water partition coefficient (Wildman–Crippen LogP) is 9.80. The molecule has 1 radical (unpaired) electrons. The maximum absolute atomic E-state index is 10.0. The Hall–Kier alpha value is -4.15. The number of carbonyl (C=O) groups is 1. The Morgan fingerprint density at radius 2 is 1.37 bits per heavy atom. The second-order valence-electron chi connectivity index (χ2n) is 9.36. The van der Waals surface area contributed by atoms with Gasteiger partial charge < -0.3 is 10.1 Å². The van der Waals surface area contributed by atoms with Gasteiger partial charge in [-0.1, -0.05) is 97.1 Å². The van der Waals surface area contributed by atoms with Crippen molar-refractivity contribution in [3.05, 3.63) is 139 Å². The van der Waals surface area contributed by atoms with Crippen molar-refractivity contribution in [2.45, 2.75) is 13.8 Å². The number of hydrogen-bond donors (Lipinski definition) is 1. The molecule has 2 aromatic heterocycles. The summed E-state index contributed by atoms with van der Waals surface area (Å²) in [6, 6.07) is 43.5. The molecular weight excluding hydrogens is 703 g/mol. The van der Waals surface area contributed by atoms with E-state index < -0.39 is 0 Å². The Morgan fingerprint density at radius 1 is 0.780 bits per heavy atom. The van der Waals surface area contributed by atoms with Crippen LogP contribution >= 0.6 is 11.3 Å². The van der Waals surface area contributed by atoms with Crippen LogP contribution in [0, 0.1) is 6.07 Å². The minimum atomic E-state index is -0.125. The summed E-state index contributed by atoms with van der Waals surface area (Å²) < 4.78 is 1.23. The van der Waals surface area contributed by atoms with Crippen LogP contribution in [0.1, 0.15) is 13.8 Å². The number of aliphatic hydroxyl groups excluding tert-OH is 1. The van der Waals surface area contributed by atoms with Gasteiger partial charge in [0.25, 0.3) is 0 Å². The van der Waals surface area contributed by atoms with E-state index in [-0.39, 0.29) is 31.6 Å². The normalized spacial score (nSPS) is 10.8. The molecule has 3 nitrogen and oxygen atoms in total. The summed E-state index contributed by atoms with van der Waals surface area (Å²) in [6.45, 7) is 2.85. The van der Waals surface area contributed by atoms with Crippen molar-refractivity contribution >= 4 is 27.2 Å². The van der Waals surface area contributed by atoms with Gasteiger partial charge in [0.2, 0.25) is 0 Å². The number of thiophene rings is 1. The number of allylic oxidation sites excluding steroid dienone is 2. The third-order valence-electron chi connectivity index (χ3n) is 6.27. The maximum Gasteiger partial charge on any atom is 0.155 e. The van der Waals surface area contributed by atoms with Crippen LogP contribution in [0.2, 0.25) is 0 Å². The van der Waals surface area contributed by atoms with Crippen LogP contribution in [0.3, 0.4) is 0 Å². The molecule has 5 heteroatoms. The summed E-state index contributed by atoms with van der Waals surface area (Å²) in [5.41, 5.74) is 8.03. The number of hydrogen-bond acceptors (Lipinski definition) is 4. The average Bonchev–Trinajstić information content (AvgIpc) is 3.37. The SMILES string of the molecule is CC(=O)/C=C(/C)O.[Ir].[c-]1ccc(-c2ccccc2)cc1-c1cc2sc(-c3ccccc3)c(-c3ccccc3)c2cn1. The first-order valence-electron chi connectivity index (χ1n) is 13.0. The van der Waals surface area contributed by atoms with Crippen molar-refractivity contribution in [2.75, 3.05) is 0 Å². The fourth-order valence-electron chi connectivity index (χ4n) is 4.54. The van der Waals surface area contributed by atoms with E-state index in [1.54, 1.807) is 0 Å². The van der Waals surface area contributed by atoms with Crippen molar-refractivity contribution in [3.8, 4) is 44.0 Å². The number of aromatic nitrogens is 1. The molecule has 0 saturated heterocycles. The first-order valence-corrected chi connectivity index (χ1v) is 13.8. The largest absolute Gasteiger partial charge is 0.512 e. The third-order valence-corrected chi connectivity index (χ3v) is 7.47. The van der Waals surface area contributed by atoms with E-state index in [0.717, 1.165) is 11.3 Å². The number of carbonyl (C=O) groups excluding carboxylic acids is 1. The van der Waals surface area contributed by atoms with Crippen molar-refractivity contribution in [1.29, 1.82) is 0 Å². The molecule has 6 aromatic rings. The zero-order chi connectivity index (χ0) is 27.9. The number of fused-ring (bicyclic) bond motifs is 1. The summed E-state index contributed by atoms with van der Waals surface area (Å²) in [6.07, 6.45) is 3.19. The molecule has 2 heterocycles. The molecule has 205 valence electrons. The van der Waals surface area contributed by atoms with Crippen LogP contribution in [-0.4, -0.2) is 15.9 Å². The minimum absolute atomic E-state index is 0. The van der Waals surface area contributed by atoms with Gasteiger partial charge in [0.05, 0.1) is 5.76 Å². The van der Waals surface area contributed by atoms with Crippen LogP contribution in [0.4, 0.5) is 0 Å². The monoisotopic (exact) mass is 731 g/mol.